The van der Waals surface area contributed by atoms with E-state index in [9.17, 15) is 5.11 Å². The molecule has 0 spiro atoms. The zero-order valence-electron chi connectivity index (χ0n) is 16.3. The average molecular weight is 402 g/mol. The first kappa shape index (κ1) is 17.6. The Hall–Kier alpha value is -3.23. The van der Waals surface area contributed by atoms with E-state index in [4.69, 9.17) is 4.74 Å². The van der Waals surface area contributed by atoms with Crippen LogP contribution in [0.1, 0.15) is 24.3 Å². The molecule has 4 N–H and O–H groups in total. The molecule has 2 aliphatic heterocycles. The van der Waals surface area contributed by atoms with E-state index in [1.165, 1.54) is 5.56 Å². The molecule has 30 heavy (non-hydrogen) atoms. The number of rotatable bonds is 3. The number of benzene rings is 1. The van der Waals surface area contributed by atoms with Crippen molar-refractivity contribution in [1.29, 1.82) is 0 Å². The maximum absolute atomic E-state index is 10.6. The lowest BCUT2D eigenvalue weighted by atomic mass is 9.83. The van der Waals surface area contributed by atoms with Crippen LogP contribution >= 0.6 is 0 Å². The Morgan fingerprint density at radius 1 is 1.00 bits per heavy atom. The Balaban J connectivity index is 1.32. The maximum atomic E-state index is 10.6. The molecule has 0 aliphatic carbocycles. The van der Waals surface area contributed by atoms with Crippen molar-refractivity contribution in [1.82, 2.24) is 30.7 Å². The largest absolute Gasteiger partial charge is 0.507 e. The Morgan fingerprint density at radius 2 is 1.87 bits per heavy atom. The highest BCUT2D eigenvalue weighted by Gasteiger charge is 2.33. The molecule has 2 aliphatic rings. The van der Waals surface area contributed by atoms with Crippen molar-refractivity contribution >= 4 is 11.0 Å². The minimum atomic E-state index is 0.167. The third kappa shape index (κ3) is 2.96. The first-order valence-corrected chi connectivity index (χ1v) is 10.3. The molecule has 2 bridgehead atoms. The summed E-state index contributed by atoms with van der Waals surface area (Å²) < 4.78 is 5.67. The first-order chi connectivity index (χ1) is 14.7. The number of nitrogens with zero attached hydrogens (tertiary/aromatic N) is 3. The van der Waals surface area contributed by atoms with Crippen molar-refractivity contribution in [2.75, 3.05) is 13.2 Å². The average Bonchev–Trinajstić information content (AvgIpc) is 3.43. The molecule has 8 heteroatoms. The fourth-order valence-electron chi connectivity index (χ4n) is 4.81. The van der Waals surface area contributed by atoms with E-state index >= 15 is 0 Å². The van der Waals surface area contributed by atoms with Gasteiger partial charge in [-0.25, -0.2) is 0 Å². The summed E-state index contributed by atoms with van der Waals surface area (Å²) in [6.45, 7) is 1.55. The van der Waals surface area contributed by atoms with Crippen molar-refractivity contribution in [3.63, 3.8) is 0 Å². The van der Waals surface area contributed by atoms with E-state index in [-0.39, 0.29) is 5.75 Å². The highest BCUT2D eigenvalue weighted by atomic mass is 16.5. The van der Waals surface area contributed by atoms with Crippen molar-refractivity contribution in [2.24, 2.45) is 0 Å². The lowest BCUT2D eigenvalue weighted by Crippen LogP contribution is -2.53. The van der Waals surface area contributed by atoms with E-state index in [0.717, 1.165) is 48.2 Å². The zero-order chi connectivity index (χ0) is 20.1. The number of ether oxygens (including phenoxy) is 1. The number of aromatic hydroxyl groups is 1. The molecule has 0 saturated carbocycles. The Labute approximate surface area is 172 Å². The van der Waals surface area contributed by atoms with Gasteiger partial charge in [0.15, 0.2) is 0 Å². The van der Waals surface area contributed by atoms with Crippen LogP contribution < -0.4 is 5.32 Å². The van der Waals surface area contributed by atoms with Crippen LogP contribution in [0.15, 0.2) is 42.9 Å². The molecule has 2 unspecified atom stereocenters. The van der Waals surface area contributed by atoms with Crippen LogP contribution in [0.2, 0.25) is 0 Å². The normalized spacial score (nSPS) is 23.7. The van der Waals surface area contributed by atoms with Crippen LogP contribution in [0.5, 0.6) is 5.75 Å². The topological polar surface area (TPSA) is 112 Å². The quantitative estimate of drug-likeness (QED) is 0.419. The van der Waals surface area contributed by atoms with Crippen LogP contribution in [-0.2, 0) is 4.74 Å². The van der Waals surface area contributed by atoms with Crippen LogP contribution in [-0.4, -0.2) is 55.8 Å². The second-order valence-electron chi connectivity index (χ2n) is 8.22. The molecule has 0 amide bonds. The fourth-order valence-corrected chi connectivity index (χ4v) is 4.81. The highest BCUT2D eigenvalue weighted by molar-refractivity contribution is 5.84. The van der Waals surface area contributed by atoms with Gasteiger partial charge < -0.3 is 20.1 Å². The number of nitrogens with one attached hydrogen (secondary N) is 3. The summed E-state index contributed by atoms with van der Waals surface area (Å²) in [5, 5.41) is 30.0. The molecule has 1 aromatic carbocycles. The molecule has 8 nitrogen and oxygen atoms in total. The second-order valence-corrected chi connectivity index (χ2v) is 8.22. The summed E-state index contributed by atoms with van der Waals surface area (Å²) >= 11 is 0. The van der Waals surface area contributed by atoms with Gasteiger partial charge in [-0.15, -0.1) is 10.2 Å². The smallest absolute Gasteiger partial charge is 0.125 e. The third-order valence-corrected chi connectivity index (χ3v) is 6.24. The summed E-state index contributed by atoms with van der Waals surface area (Å²) in [4.78, 5) is 3.37. The second kappa shape index (κ2) is 6.93. The Morgan fingerprint density at radius 3 is 2.63 bits per heavy atom. The van der Waals surface area contributed by atoms with Crippen LogP contribution in [0, 0.1) is 0 Å². The molecule has 2 atom stereocenters. The molecule has 4 aromatic rings. The highest BCUT2D eigenvalue weighted by Crippen LogP contribution is 2.37. The van der Waals surface area contributed by atoms with Crippen molar-refractivity contribution in [3.05, 3.63) is 48.4 Å². The van der Waals surface area contributed by atoms with E-state index < -0.39 is 0 Å². The summed E-state index contributed by atoms with van der Waals surface area (Å²) in [6, 6.07) is 8.31. The number of phenolic OH excluding ortho intramolecular Hbond substituents is 1. The lowest BCUT2D eigenvalue weighted by molar-refractivity contribution is 0.0181. The molecule has 6 rings (SSSR count). The zero-order valence-corrected chi connectivity index (χ0v) is 16.3. The minimum absolute atomic E-state index is 0.167. The molecule has 2 saturated heterocycles. The van der Waals surface area contributed by atoms with Gasteiger partial charge in [-0.2, -0.15) is 5.10 Å². The predicted molar refractivity (Wildman–Crippen MR) is 112 cm³/mol. The summed E-state index contributed by atoms with van der Waals surface area (Å²) in [6.07, 6.45) is 7.67. The van der Waals surface area contributed by atoms with Gasteiger partial charge in [-0.3, -0.25) is 5.10 Å². The Kier molecular flexibility index (Phi) is 4.07. The number of morpholine rings is 1. The summed E-state index contributed by atoms with van der Waals surface area (Å²) in [5.74, 6) is 0.613. The number of phenols is 1. The van der Waals surface area contributed by atoms with Crippen LogP contribution in [0.3, 0.4) is 0 Å². The van der Waals surface area contributed by atoms with Crippen LogP contribution in [0.25, 0.3) is 33.4 Å². The SMILES string of the molecule is Oc1cc(-c2cn[nH]c2)ccc1-c1cc2[nH]cc(C3CC4COCC(C3)N4)c2nn1. The monoisotopic (exact) mass is 402 g/mol. The molecule has 152 valence electrons. The minimum Gasteiger partial charge on any atom is -0.507 e. The fraction of sp³-hybridized carbons (Fsp3) is 0.318. The molecule has 5 heterocycles. The van der Waals surface area contributed by atoms with Gasteiger partial charge in [0.25, 0.3) is 0 Å². The van der Waals surface area contributed by atoms with Gasteiger partial charge in [0.2, 0.25) is 0 Å². The lowest BCUT2D eigenvalue weighted by Gasteiger charge is -2.40. The van der Waals surface area contributed by atoms with Gasteiger partial charge in [0, 0.05) is 41.2 Å². The van der Waals surface area contributed by atoms with Gasteiger partial charge >= 0.3 is 0 Å². The summed E-state index contributed by atoms with van der Waals surface area (Å²) in [5.41, 5.74) is 6.18. The first-order valence-electron chi connectivity index (χ1n) is 10.3. The van der Waals surface area contributed by atoms with E-state index in [1.54, 1.807) is 18.5 Å². The molecule has 3 aromatic heterocycles. The summed E-state index contributed by atoms with van der Waals surface area (Å²) in [7, 11) is 0. The van der Waals surface area contributed by atoms with Gasteiger partial charge in [-0.05, 0) is 42.5 Å². The van der Waals surface area contributed by atoms with Crippen molar-refractivity contribution in [2.45, 2.75) is 30.8 Å². The van der Waals surface area contributed by atoms with E-state index in [0.29, 0.717) is 29.3 Å². The number of fused-ring (bicyclic) bond motifs is 3. The van der Waals surface area contributed by atoms with Crippen molar-refractivity contribution < 1.29 is 9.84 Å². The van der Waals surface area contributed by atoms with Gasteiger partial charge in [0.1, 0.15) is 11.3 Å². The van der Waals surface area contributed by atoms with Crippen LogP contribution in [0.4, 0.5) is 0 Å². The van der Waals surface area contributed by atoms with Gasteiger partial charge in [0.05, 0.1) is 30.6 Å². The number of hydrogen-bond donors (Lipinski definition) is 4. The van der Waals surface area contributed by atoms with Crippen molar-refractivity contribution in [3.8, 4) is 28.1 Å². The van der Waals surface area contributed by atoms with Gasteiger partial charge in [-0.1, -0.05) is 6.07 Å². The number of hydrogen-bond acceptors (Lipinski definition) is 6. The number of aromatic amines is 2. The van der Waals surface area contributed by atoms with E-state index in [2.05, 4.69) is 36.9 Å². The third-order valence-electron chi connectivity index (χ3n) is 6.24. The Bertz CT molecular complexity index is 1190. The number of H-pyrrole nitrogens is 2. The number of aromatic nitrogens is 5. The molecular weight excluding hydrogens is 380 g/mol. The van der Waals surface area contributed by atoms with E-state index in [1.807, 2.05) is 18.2 Å². The maximum Gasteiger partial charge on any atom is 0.125 e. The number of piperidine rings is 1. The molecule has 0 radical (unpaired) electrons. The standard InChI is InChI=1S/C22H22N6O2/c29-21-5-12(14-7-24-25-8-14)1-2-17(21)19-6-20-22(28-27-19)18(9-23-20)13-3-15-10-30-11-16(4-13)26-15/h1-2,5-9,13,15-16,23,26,29H,3-4,10-11H2,(H,24,25). The predicted octanol–water partition coefficient (Wildman–Crippen LogP) is 2.96. The molecular formula is C22H22N6O2. The molecule has 2 fully saturated rings.